The minimum Gasteiger partial charge on any atom is -0.298 e. The fourth-order valence-corrected chi connectivity index (χ4v) is 2.40. The molecule has 0 aromatic carbocycles. The second-order valence-electron chi connectivity index (χ2n) is 3.38. The molecule has 1 N–H and O–H groups in total. The average molecular weight is 243 g/mol. The Morgan fingerprint density at radius 2 is 2.27 bits per heavy atom. The number of amides is 1. The molecule has 1 aliphatic rings. The predicted molar refractivity (Wildman–Crippen MR) is 62.1 cm³/mol. The maximum atomic E-state index is 11.8. The number of thiazole rings is 1. The molecule has 0 bridgehead atoms. The van der Waals surface area contributed by atoms with E-state index in [0.29, 0.717) is 10.2 Å². The largest absolute Gasteiger partial charge is 0.298 e. The number of nitrogens with one attached hydrogen (secondary N) is 1. The SMILES string of the molecule is O=C(Nc1nccs1)C1=C(Cl)CCCC1. The summed E-state index contributed by atoms with van der Waals surface area (Å²) in [6.45, 7) is 0. The van der Waals surface area contributed by atoms with Gasteiger partial charge in [-0.25, -0.2) is 4.98 Å². The Morgan fingerprint density at radius 1 is 1.47 bits per heavy atom. The van der Waals surface area contributed by atoms with Gasteiger partial charge in [0.1, 0.15) is 0 Å². The van der Waals surface area contributed by atoms with E-state index in [2.05, 4.69) is 10.3 Å². The van der Waals surface area contributed by atoms with E-state index in [1.807, 2.05) is 5.38 Å². The van der Waals surface area contributed by atoms with Gasteiger partial charge in [-0.1, -0.05) is 11.6 Å². The molecule has 2 rings (SSSR count). The van der Waals surface area contributed by atoms with Crippen molar-refractivity contribution >= 4 is 34.0 Å². The van der Waals surface area contributed by atoms with Crippen LogP contribution < -0.4 is 5.32 Å². The van der Waals surface area contributed by atoms with Crippen LogP contribution in [0.4, 0.5) is 5.13 Å². The lowest BCUT2D eigenvalue weighted by atomic mass is 9.99. The Balaban J connectivity index is 2.07. The summed E-state index contributed by atoms with van der Waals surface area (Å²) in [6.07, 6.45) is 5.37. The van der Waals surface area contributed by atoms with Crippen molar-refractivity contribution in [3.05, 3.63) is 22.2 Å². The molecule has 1 aromatic rings. The molecular formula is C10H11ClN2OS. The second-order valence-corrected chi connectivity index (χ2v) is 4.73. The minimum absolute atomic E-state index is 0.102. The number of anilines is 1. The lowest BCUT2D eigenvalue weighted by Crippen LogP contribution is -2.17. The summed E-state index contributed by atoms with van der Waals surface area (Å²) in [5.74, 6) is -0.102. The highest BCUT2D eigenvalue weighted by Crippen LogP contribution is 2.28. The Kier molecular flexibility index (Phi) is 3.38. The monoisotopic (exact) mass is 242 g/mol. The van der Waals surface area contributed by atoms with Gasteiger partial charge < -0.3 is 0 Å². The van der Waals surface area contributed by atoms with Crippen molar-refractivity contribution in [2.24, 2.45) is 0 Å². The van der Waals surface area contributed by atoms with Crippen LogP contribution in [0.3, 0.4) is 0 Å². The van der Waals surface area contributed by atoms with Gasteiger partial charge in [-0.3, -0.25) is 10.1 Å². The standard InChI is InChI=1S/C10H11ClN2OS/c11-8-4-2-1-3-7(8)9(14)13-10-12-5-6-15-10/h5-6H,1-4H2,(H,12,13,14). The molecule has 0 spiro atoms. The van der Waals surface area contributed by atoms with Gasteiger partial charge in [0.2, 0.25) is 0 Å². The fraction of sp³-hybridized carbons (Fsp3) is 0.400. The maximum Gasteiger partial charge on any atom is 0.254 e. The zero-order valence-corrected chi connectivity index (χ0v) is 9.70. The summed E-state index contributed by atoms with van der Waals surface area (Å²) in [5, 5.41) is 5.91. The highest BCUT2D eigenvalue weighted by molar-refractivity contribution is 7.13. The van der Waals surface area contributed by atoms with Crippen molar-refractivity contribution in [3.63, 3.8) is 0 Å². The number of hydrogen-bond acceptors (Lipinski definition) is 3. The van der Waals surface area contributed by atoms with Crippen molar-refractivity contribution < 1.29 is 4.79 Å². The van der Waals surface area contributed by atoms with Gasteiger partial charge in [0.15, 0.2) is 5.13 Å². The molecule has 1 aromatic heterocycles. The quantitative estimate of drug-likeness (QED) is 0.866. The van der Waals surface area contributed by atoms with Crippen LogP contribution in [0.25, 0.3) is 0 Å². The van der Waals surface area contributed by atoms with Gasteiger partial charge in [0, 0.05) is 22.2 Å². The van der Waals surface area contributed by atoms with E-state index in [0.717, 1.165) is 31.3 Å². The summed E-state index contributed by atoms with van der Waals surface area (Å²) in [6, 6.07) is 0. The molecule has 1 aliphatic carbocycles. The Bertz CT molecular complexity index is 386. The Morgan fingerprint density at radius 3 is 2.93 bits per heavy atom. The molecule has 1 heterocycles. The first-order valence-electron chi connectivity index (χ1n) is 4.86. The number of hydrogen-bond donors (Lipinski definition) is 1. The molecule has 0 saturated heterocycles. The van der Waals surface area contributed by atoms with E-state index in [1.165, 1.54) is 11.3 Å². The number of halogens is 1. The van der Waals surface area contributed by atoms with Crippen LogP contribution in [0.15, 0.2) is 22.2 Å². The van der Waals surface area contributed by atoms with Gasteiger partial charge in [-0.05, 0) is 25.7 Å². The third-order valence-corrected chi connectivity index (χ3v) is 3.43. The summed E-state index contributed by atoms with van der Waals surface area (Å²) >= 11 is 7.43. The normalized spacial score (nSPS) is 16.6. The smallest absolute Gasteiger partial charge is 0.254 e. The van der Waals surface area contributed by atoms with Crippen molar-refractivity contribution in [3.8, 4) is 0 Å². The third kappa shape index (κ3) is 2.58. The first-order chi connectivity index (χ1) is 7.27. The van der Waals surface area contributed by atoms with Gasteiger partial charge >= 0.3 is 0 Å². The van der Waals surface area contributed by atoms with Crippen LogP contribution in [-0.2, 0) is 4.79 Å². The highest BCUT2D eigenvalue weighted by Gasteiger charge is 2.18. The maximum absolute atomic E-state index is 11.8. The van der Waals surface area contributed by atoms with E-state index in [4.69, 9.17) is 11.6 Å². The number of nitrogens with zero attached hydrogens (tertiary/aromatic N) is 1. The lowest BCUT2D eigenvalue weighted by molar-refractivity contribution is -0.113. The topological polar surface area (TPSA) is 42.0 Å². The van der Waals surface area contributed by atoms with Gasteiger partial charge in [-0.2, -0.15) is 0 Å². The van der Waals surface area contributed by atoms with Crippen molar-refractivity contribution in [2.75, 3.05) is 5.32 Å². The van der Waals surface area contributed by atoms with Gasteiger partial charge in [0.25, 0.3) is 5.91 Å². The molecule has 0 atom stereocenters. The summed E-state index contributed by atoms with van der Waals surface area (Å²) in [7, 11) is 0. The number of allylic oxidation sites excluding steroid dienone is 1. The number of carbonyl (C=O) groups excluding carboxylic acids is 1. The van der Waals surface area contributed by atoms with Crippen LogP contribution in [-0.4, -0.2) is 10.9 Å². The molecule has 0 radical (unpaired) electrons. The van der Waals surface area contributed by atoms with Crippen LogP contribution in [0, 0.1) is 0 Å². The zero-order chi connectivity index (χ0) is 10.7. The van der Waals surface area contributed by atoms with Crippen molar-refractivity contribution in [1.82, 2.24) is 4.98 Å². The van der Waals surface area contributed by atoms with E-state index >= 15 is 0 Å². The number of carbonyl (C=O) groups is 1. The average Bonchev–Trinajstić information content (AvgIpc) is 2.71. The third-order valence-electron chi connectivity index (χ3n) is 2.33. The van der Waals surface area contributed by atoms with Crippen LogP contribution in [0.2, 0.25) is 0 Å². The Hall–Kier alpha value is -0.870. The van der Waals surface area contributed by atoms with E-state index < -0.39 is 0 Å². The van der Waals surface area contributed by atoms with E-state index in [9.17, 15) is 4.79 Å². The molecule has 1 amide bonds. The molecular weight excluding hydrogens is 232 g/mol. The molecule has 80 valence electrons. The molecule has 0 saturated carbocycles. The molecule has 0 unspecified atom stereocenters. The summed E-state index contributed by atoms with van der Waals surface area (Å²) in [4.78, 5) is 15.8. The van der Waals surface area contributed by atoms with Gasteiger partial charge in [-0.15, -0.1) is 11.3 Å². The van der Waals surface area contributed by atoms with E-state index in [-0.39, 0.29) is 5.91 Å². The fourth-order valence-electron chi connectivity index (χ4n) is 1.56. The number of aromatic nitrogens is 1. The molecule has 15 heavy (non-hydrogen) atoms. The lowest BCUT2D eigenvalue weighted by Gasteiger charge is -2.14. The van der Waals surface area contributed by atoms with Gasteiger partial charge in [0.05, 0.1) is 0 Å². The number of rotatable bonds is 2. The Labute approximate surface area is 97.2 Å². The first kappa shape index (κ1) is 10.6. The highest BCUT2D eigenvalue weighted by atomic mass is 35.5. The summed E-state index contributed by atoms with van der Waals surface area (Å²) < 4.78 is 0. The summed E-state index contributed by atoms with van der Waals surface area (Å²) in [5.41, 5.74) is 0.720. The first-order valence-corrected chi connectivity index (χ1v) is 6.11. The van der Waals surface area contributed by atoms with Crippen LogP contribution in [0.1, 0.15) is 25.7 Å². The molecule has 0 aliphatic heterocycles. The molecule has 5 heteroatoms. The zero-order valence-electron chi connectivity index (χ0n) is 8.12. The van der Waals surface area contributed by atoms with Crippen molar-refractivity contribution in [1.29, 1.82) is 0 Å². The minimum atomic E-state index is -0.102. The molecule has 0 fully saturated rings. The second kappa shape index (κ2) is 4.77. The molecule has 3 nitrogen and oxygen atoms in total. The predicted octanol–water partition coefficient (Wildman–Crippen LogP) is 3.15. The van der Waals surface area contributed by atoms with Crippen LogP contribution >= 0.6 is 22.9 Å². The van der Waals surface area contributed by atoms with Crippen molar-refractivity contribution in [2.45, 2.75) is 25.7 Å². The van der Waals surface area contributed by atoms with Crippen LogP contribution in [0.5, 0.6) is 0 Å². The van der Waals surface area contributed by atoms with E-state index in [1.54, 1.807) is 6.20 Å².